The van der Waals surface area contributed by atoms with Crippen molar-refractivity contribution in [2.24, 2.45) is 0 Å². The molecule has 0 aromatic carbocycles. The lowest BCUT2D eigenvalue weighted by Crippen LogP contribution is -2.36. The average molecular weight is 209 g/mol. The molecule has 0 aliphatic carbocycles. The van der Waals surface area contributed by atoms with Crippen LogP contribution in [0.3, 0.4) is 0 Å². The molecule has 0 saturated carbocycles. The van der Waals surface area contributed by atoms with Crippen LogP contribution in [-0.4, -0.2) is 21.9 Å². The van der Waals surface area contributed by atoms with Crippen LogP contribution in [0.4, 0.5) is 0 Å². The van der Waals surface area contributed by atoms with E-state index in [2.05, 4.69) is 31.2 Å². The lowest BCUT2D eigenvalue weighted by molar-refractivity contribution is 0.411. The average Bonchev–Trinajstić information content (AvgIpc) is 2.49. The molecule has 1 aromatic rings. The topological polar surface area (TPSA) is 29.9 Å². The standard InChI is InChI=1S/C12H23N3/c1-11-7-10-15(14-11)9-6-5-8-13-12(2,3)4/h7,10,13H,5-6,8-9H2,1-4H3. The molecule has 15 heavy (non-hydrogen) atoms. The molecule has 0 bridgehead atoms. The molecule has 0 atom stereocenters. The third kappa shape index (κ3) is 5.57. The number of nitrogens with zero attached hydrogens (tertiary/aromatic N) is 2. The third-order valence-electron chi connectivity index (χ3n) is 2.24. The van der Waals surface area contributed by atoms with Gasteiger partial charge < -0.3 is 5.32 Å². The maximum atomic E-state index is 4.35. The number of aryl methyl sites for hydroxylation is 2. The predicted octanol–water partition coefficient (Wildman–Crippen LogP) is 2.36. The van der Waals surface area contributed by atoms with E-state index in [0.717, 1.165) is 18.8 Å². The Balaban J connectivity index is 2.07. The van der Waals surface area contributed by atoms with Gasteiger partial charge in [0.1, 0.15) is 0 Å². The van der Waals surface area contributed by atoms with Crippen LogP contribution >= 0.6 is 0 Å². The quantitative estimate of drug-likeness (QED) is 0.754. The van der Waals surface area contributed by atoms with Crippen LogP contribution in [0, 0.1) is 6.92 Å². The van der Waals surface area contributed by atoms with Crippen LogP contribution in [0.25, 0.3) is 0 Å². The summed E-state index contributed by atoms with van der Waals surface area (Å²) in [5.74, 6) is 0. The maximum absolute atomic E-state index is 4.35. The van der Waals surface area contributed by atoms with Crippen LogP contribution < -0.4 is 5.32 Å². The molecule has 0 fully saturated rings. The molecule has 0 saturated heterocycles. The second-order valence-corrected chi connectivity index (χ2v) is 5.10. The number of hydrogen-bond donors (Lipinski definition) is 1. The van der Waals surface area contributed by atoms with Crippen molar-refractivity contribution in [3.05, 3.63) is 18.0 Å². The molecule has 1 aromatic heterocycles. The molecule has 0 aliphatic rings. The van der Waals surface area contributed by atoms with Gasteiger partial charge in [-0.15, -0.1) is 0 Å². The van der Waals surface area contributed by atoms with E-state index in [9.17, 15) is 0 Å². The summed E-state index contributed by atoms with van der Waals surface area (Å²) in [4.78, 5) is 0. The van der Waals surface area contributed by atoms with E-state index in [1.165, 1.54) is 12.8 Å². The van der Waals surface area contributed by atoms with Gasteiger partial charge in [-0.1, -0.05) is 0 Å². The van der Waals surface area contributed by atoms with Crippen LogP contribution in [0.5, 0.6) is 0 Å². The highest BCUT2D eigenvalue weighted by atomic mass is 15.3. The molecule has 1 N–H and O–H groups in total. The van der Waals surface area contributed by atoms with Gasteiger partial charge in [0.25, 0.3) is 0 Å². The molecule has 0 amide bonds. The van der Waals surface area contributed by atoms with E-state index in [1.807, 2.05) is 23.9 Å². The van der Waals surface area contributed by atoms with Gasteiger partial charge in [0.2, 0.25) is 0 Å². The molecular weight excluding hydrogens is 186 g/mol. The number of unbranched alkanes of at least 4 members (excludes halogenated alkanes) is 1. The monoisotopic (exact) mass is 209 g/mol. The van der Waals surface area contributed by atoms with Crippen LogP contribution in [0.1, 0.15) is 39.3 Å². The molecule has 0 unspecified atom stereocenters. The Bertz CT molecular complexity index is 283. The predicted molar refractivity (Wildman–Crippen MR) is 64.0 cm³/mol. The maximum Gasteiger partial charge on any atom is 0.0593 e. The number of rotatable bonds is 5. The summed E-state index contributed by atoms with van der Waals surface area (Å²) in [6, 6.07) is 2.05. The lowest BCUT2D eigenvalue weighted by atomic mass is 10.1. The third-order valence-corrected chi connectivity index (χ3v) is 2.24. The van der Waals surface area contributed by atoms with Gasteiger partial charge in [-0.05, 0) is 53.1 Å². The fraction of sp³-hybridized carbons (Fsp3) is 0.750. The molecule has 0 radical (unpaired) electrons. The zero-order valence-corrected chi connectivity index (χ0v) is 10.4. The Morgan fingerprint density at radius 1 is 1.33 bits per heavy atom. The van der Waals surface area contributed by atoms with Gasteiger partial charge >= 0.3 is 0 Å². The van der Waals surface area contributed by atoms with Crippen molar-refractivity contribution in [2.75, 3.05) is 6.54 Å². The van der Waals surface area contributed by atoms with E-state index >= 15 is 0 Å². The first-order chi connectivity index (χ1) is 6.97. The largest absolute Gasteiger partial charge is 0.312 e. The van der Waals surface area contributed by atoms with Gasteiger partial charge in [-0.25, -0.2) is 0 Å². The molecule has 3 nitrogen and oxygen atoms in total. The summed E-state index contributed by atoms with van der Waals surface area (Å²) >= 11 is 0. The molecular formula is C12H23N3. The van der Waals surface area contributed by atoms with E-state index in [-0.39, 0.29) is 5.54 Å². The first kappa shape index (κ1) is 12.2. The van der Waals surface area contributed by atoms with Crippen LogP contribution in [0.15, 0.2) is 12.3 Å². The SMILES string of the molecule is Cc1ccn(CCCCNC(C)(C)C)n1. The van der Waals surface area contributed by atoms with Crippen molar-refractivity contribution in [1.82, 2.24) is 15.1 Å². The number of nitrogens with one attached hydrogen (secondary N) is 1. The minimum Gasteiger partial charge on any atom is -0.312 e. The van der Waals surface area contributed by atoms with Crippen molar-refractivity contribution in [3.8, 4) is 0 Å². The van der Waals surface area contributed by atoms with Gasteiger partial charge in [-0.3, -0.25) is 4.68 Å². The van der Waals surface area contributed by atoms with Gasteiger partial charge in [0.15, 0.2) is 0 Å². The summed E-state index contributed by atoms with van der Waals surface area (Å²) in [6.45, 7) is 10.7. The normalized spacial score (nSPS) is 12.0. The van der Waals surface area contributed by atoms with Gasteiger partial charge in [0, 0.05) is 18.3 Å². The Morgan fingerprint density at radius 3 is 2.60 bits per heavy atom. The van der Waals surface area contributed by atoms with Crippen molar-refractivity contribution in [3.63, 3.8) is 0 Å². The summed E-state index contributed by atoms with van der Waals surface area (Å²) in [7, 11) is 0. The van der Waals surface area contributed by atoms with Gasteiger partial charge in [0.05, 0.1) is 5.69 Å². The molecule has 1 rings (SSSR count). The minimum atomic E-state index is 0.238. The Labute approximate surface area is 92.9 Å². The number of hydrogen-bond acceptors (Lipinski definition) is 2. The second-order valence-electron chi connectivity index (χ2n) is 5.10. The smallest absolute Gasteiger partial charge is 0.0593 e. The highest BCUT2D eigenvalue weighted by Gasteiger charge is 2.06. The fourth-order valence-electron chi connectivity index (χ4n) is 1.45. The van der Waals surface area contributed by atoms with Crippen molar-refractivity contribution in [2.45, 2.75) is 52.6 Å². The molecule has 86 valence electrons. The van der Waals surface area contributed by atoms with E-state index in [1.54, 1.807) is 0 Å². The zero-order valence-electron chi connectivity index (χ0n) is 10.4. The van der Waals surface area contributed by atoms with Crippen molar-refractivity contribution in [1.29, 1.82) is 0 Å². The Hall–Kier alpha value is -0.830. The molecule has 0 spiro atoms. The highest BCUT2D eigenvalue weighted by Crippen LogP contribution is 2.00. The Kier molecular flexibility index (Phi) is 4.33. The first-order valence-corrected chi connectivity index (χ1v) is 5.72. The first-order valence-electron chi connectivity index (χ1n) is 5.72. The fourth-order valence-corrected chi connectivity index (χ4v) is 1.45. The lowest BCUT2D eigenvalue weighted by Gasteiger charge is -2.20. The van der Waals surface area contributed by atoms with Crippen molar-refractivity contribution >= 4 is 0 Å². The summed E-state index contributed by atoms with van der Waals surface area (Å²) < 4.78 is 2.02. The van der Waals surface area contributed by atoms with Crippen molar-refractivity contribution < 1.29 is 0 Å². The summed E-state index contributed by atoms with van der Waals surface area (Å²) in [5.41, 5.74) is 1.34. The zero-order chi connectivity index (χ0) is 11.3. The highest BCUT2D eigenvalue weighted by molar-refractivity contribution is 4.94. The molecule has 0 aliphatic heterocycles. The summed E-state index contributed by atoms with van der Waals surface area (Å²) in [6.07, 6.45) is 4.44. The van der Waals surface area contributed by atoms with Gasteiger partial charge in [-0.2, -0.15) is 5.10 Å². The second kappa shape index (κ2) is 5.31. The van der Waals surface area contributed by atoms with Crippen LogP contribution in [0.2, 0.25) is 0 Å². The summed E-state index contributed by atoms with van der Waals surface area (Å²) in [5, 5.41) is 7.84. The van der Waals surface area contributed by atoms with E-state index in [4.69, 9.17) is 0 Å². The number of aromatic nitrogens is 2. The van der Waals surface area contributed by atoms with Crippen LogP contribution in [-0.2, 0) is 6.54 Å². The minimum absolute atomic E-state index is 0.238. The van der Waals surface area contributed by atoms with E-state index < -0.39 is 0 Å². The molecule has 1 heterocycles. The van der Waals surface area contributed by atoms with E-state index in [0.29, 0.717) is 0 Å². The Morgan fingerprint density at radius 2 is 2.07 bits per heavy atom. The molecule has 3 heteroatoms.